The first-order valence-electron chi connectivity index (χ1n) is 11.9. The van der Waals surface area contributed by atoms with Crippen molar-refractivity contribution in [2.45, 2.75) is 62.8 Å². The largest absolute Gasteiger partial charge is 0.419 e. The maximum absolute atomic E-state index is 14.8. The number of nitrogens with zero attached hydrogens (tertiary/aromatic N) is 2. The van der Waals surface area contributed by atoms with Crippen LogP contribution < -0.4 is 5.32 Å². The molecule has 3 aliphatic rings. The summed E-state index contributed by atoms with van der Waals surface area (Å²) in [5.41, 5.74) is -2.01. The van der Waals surface area contributed by atoms with Crippen molar-refractivity contribution in [3.8, 4) is 0 Å². The van der Waals surface area contributed by atoms with Crippen molar-refractivity contribution in [1.82, 2.24) is 15.2 Å². The molecule has 0 spiro atoms. The zero-order chi connectivity index (χ0) is 26.6. The van der Waals surface area contributed by atoms with E-state index in [0.717, 1.165) is 0 Å². The lowest BCUT2D eigenvalue weighted by atomic mass is 9.74. The predicted octanol–water partition coefficient (Wildman–Crippen LogP) is 4.08. The van der Waals surface area contributed by atoms with Crippen LogP contribution in [0.4, 0.5) is 26.3 Å². The first-order valence-corrected chi connectivity index (χ1v) is 11.9. The summed E-state index contributed by atoms with van der Waals surface area (Å²) in [6.07, 6.45) is -3.27. The highest BCUT2D eigenvalue weighted by atomic mass is 19.4. The fraction of sp³-hybridized carbons (Fsp3) is 0.480. The average molecular weight is 527 g/mol. The molecule has 2 N–H and O–H groups in total. The molecular formula is C25H23F6N3O3. The van der Waals surface area contributed by atoms with Gasteiger partial charge in [-0.25, -0.2) is 13.2 Å². The summed E-state index contributed by atoms with van der Waals surface area (Å²) in [4.78, 5) is 31.8. The van der Waals surface area contributed by atoms with Gasteiger partial charge in [-0.1, -0.05) is 0 Å². The number of aliphatic hydroxyl groups excluding tert-OH is 1. The van der Waals surface area contributed by atoms with Crippen LogP contribution in [0.3, 0.4) is 0 Å². The van der Waals surface area contributed by atoms with Crippen LogP contribution in [0.15, 0.2) is 30.5 Å². The second-order valence-corrected chi connectivity index (χ2v) is 9.92. The molecule has 4 atom stereocenters. The number of carbonyl (C=O) groups excluding carboxylic acids is 2. The highest BCUT2D eigenvalue weighted by Gasteiger charge is 2.56. The molecule has 0 bridgehead atoms. The summed E-state index contributed by atoms with van der Waals surface area (Å²) in [6.45, 7) is -0.874. The van der Waals surface area contributed by atoms with Crippen LogP contribution in [-0.4, -0.2) is 45.0 Å². The number of alkyl halides is 4. The molecular weight excluding hydrogens is 504 g/mol. The Bertz CT molecular complexity index is 1230. The molecule has 3 fully saturated rings. The number of halogens is 6. The second kappa shape index (κ2) is 9.30. The zero-order valence-corrected chi connectivity index (χ0v) is 19.3. The maximum Gasteiger partial charge on any atom is 0.419 e. The predicted molar refractivity (Wildman–Crippen MR) is 116 cm³/mol. The molecule has 2 aromatic rings. The normalized spacial score (nSPS) is 27.3. The molecule has 6 nitrogen and oxygen atoms in total. The maximum atomic E-state index is 14.8. The molecule has 2 aliphatic carbocycles. The number of hydrogen-bond donors (Lipinski definition) is 2. The van der Waals surface area contributed by atoms with Crippen molar-refractivity contribution in [2.24, 2.45) is 11.8 Å². The topological polar surface area (TPSA) is 82.5 Å². The molecule has 2 saturated carbocycles. The van der Waals surface area contributed by atoms with E-state index in [-0.39, 0.29) is 42.1 Å². The van der Waals surface area contributed by atoms with Gasteiger partial charge in [0.15, 0.2) is 0 Å². The number of aliphatic hydroxyl groups is 1. The average Bonchev–Trinajstić information content (AvgIpc) is 3.50. The van der Waals surface area contributed by atoms with Gasteiger partial charge in [0.05, 0.1) is 23.4 Å². The monoisotopic (exact) mass is 527 g/mol. The lowest BCUT2D eigenvalue weighted by Gasteiger charge is -2.39. The number of hydrogen-bond acceptors (Lipinski definition) is 4. The van der Waals surface area contributed by atoms with E-state index >= 15 is 0 Å². The van der Waals surface area contributed by atoms with Gasteiger partial charge in [-0.3, -0.25) is 14.6 Å². The fourth-order valence-electron chi connectivity index (χ4n) is 5.43. The van der Waals surface area contributed by atoms with Crippen molar-refractivity contribution >= 4 is 11.8 Å². The van der Waals surface area contributed by atoms with E-state index in [4.69, 9.17) is 0 Å². The van der Waals surface area contributed by atoms with Gasteiger partial charge >= 0.3 is 6.18 Å². The summed E-state index contributed by atoms with van der Waals surface area (Å²) in [5.74, 6) is -4.64. The van der Waals surface area contributed by atoms with Crippen LogP contribution in [-0.2, 0) is 17.6 Å². The number of likely N-dealkylation sites (tertiary alicyclic amines) is 1. The van der Waals surface area contributed by atoms with Gasteiger partial charge in [-0.2, -0.15) is 13.2 Å². The second-order valence-electron chi connectivity index (χ2n) is 9.92. The molecule has 5 rings (SSSR count). The smallest absolute Gasteiger partial charge is 0.393 e. The van der Waals surface area contributed by atoms with E-state index in [0.29, 0.717) is 18.9 Å². The summed E-state index contributed by atoms with van der Waals surface area (Å²) in [7, 11) is 0. The third kappa shape index (κ3) is 4.78. The minimum Gasteiger partial charge on any atom is -0.393 e. The summed E-state index contributed by atoms with van der Waals surface area (Å²) in [5, 5.41) is 12.4. The Kier molecular flexibility index (Phi) is 6.41. The number of amides is 2. The SMILES string of the molecule is O=C(N[C@@H](c1cc(F)c(C(F)(F)F)cc1F)[C@H]1C[C@@H](O)C1)[C@H]1C[C@H]2C[C@H]2N1C(=O)c1ccnc(CF)c1. The van der Waals surface area contributed by atoms with Crippen molar-refractivity contribution < 1.29 is 41.0 Å². The molecule has 1 saturated heterocycles. The molecule has 1 aliphatic heterocycles. The Balaban J connectivity index is 1.41. The van der Waals surface area contributed by atoms with E-state index in [1.807, 2.05) is 0 Å². The zero-order valence-electron chi connectivity index (χ0n) is 19.3. The molecule has 2 amide bonds. The number of carbonyl (C=O) groups is 2. The lowest BCUT2D eigenvalue weighted by molar-refractivity contribution is -0.140. The van der Waals surface area contributed by atoms with Crippen molar-refractivity contribution in [2.75, 3.05) is 0 Å². The number of benzene rings is 1. The Morgan fingerprint density at radius 2 is 1.84 bits per heavy atom. The number of fused-ring (bicyclic) bond motifs is 1. The van der Waals surface area contributed by atoms with Crippen LogP contribution in [0.25, 0.3) is 0 Å². The highest BCUT2D eigenvalue weighted by Crippen LogP contribution is 2.49. The summed E-state index contributed by atoms with van der Waals surface area (Å²) in [6, 6.07) is 0.837. The van der Waals surface area contributed by atoms with Crippen molar-refractivity contribution in [1.29, 1.82) is 0 Å². The summed E-state index contributed by atoms with van der Waals surface area (Å²) < 4.78 is 81.3. The number of nitrogens with one attached hydrogen (secondary N) is 1. The molecule has 0 radical (unpaired) electrons. The number of piperidine rings is 1. The minimum absolute atomic E-state index is 0.0572. The van der Waals surface area contributed by atoms with Gasteiger partial charge in [-0.05, 0) is 61.8 Å². The van der Waals surface area contributed by atoms with Gasteiger partial charge in [0, 0.05) is 23.4 Å². The number of pyridine rings is 1. The molecule has 0 unspecified atom stereocenters. The molecule has 1 aromatic heterocycles. The Morgan fingerprint density at radius 1 is 1.11 bits per heavy atom. The van der Waals surface area contributed by atoms with E-state index in [1.54, 1.807) is 0 Å². The quantitative estimate of drug-likeness (QED) is 0.555. The Morgan fingerprint density at radius 3 is 2.49 bits per heavy atom. The van der Waals surface area contributed by atoms with Gasteiger partial charge in [0.2, 0.25) is 5.91 Å². The highest BCUT2D eigenvalue weighted by molar-refractivity contribution is 5.98. The van der Waals surface area contributed by atoms with Crippen molar-refractivity contribution in [3.63, 3.8) is 0 Å². The third-order valence-electron chi connectivity index (χ3n) is 7.49. The van der Waals surface area contributed by atoms with E-state index in [9.17, 15) is 41.0 Å². The van der Waals surface area contributed by atoms with Crippen LogP contribution >= 0.6 is 0 Å². The summed E-state index contributed by atoms with van der Waals surface area (Å²) >= 11 is 0. The first-order chi connectivity index (χ1) is 17.5. The fourth-order valence-corrected chi connectivity index (χ4v) is 5.43. The van der Waals surface area contributed by atoms with Crippen LogP contribution in [0.2, 0.25) is 0 Å². The van der Waals surface area contributed by atoms with Crippen molar-refractivity contribution in [3.05, 3.63) is 64.5 Å². The van der Waals surface area contributed by atoms with E-state index in [1.165, 1.54) is 23.2 Å². The Labute approximate surface area is 207 Å². The van der Waals surface area contributed by atoms with E-state index in [2.05, 4.69) is 10.3 Å². The molecule has 12 heteroatoms. The molecule has 2 heterocycles. The minimum atomic E-state index is -5.10. The molecule has 198 valence electrons. The number of rotatable bonds is 6. The van der Waals surface area contributed by atoms with Crippen LogP contribution in [0.5, 0.6) is 0 Å². The first kappa shape index (κ1) is 25.5. The van der Waals surface area contributed by atoms with Gasteiger partial charge in [-0.15, -0.1) is 0 Å². The standard InChI is InChI=1S/C25H23F6N3O3/c26-10-14-3-11(1-2-32-14)24(37)34-20-6-12(20)7-21(34)23(36)33-22(13-4-15(35)5-13)16-8-19(28)17(9-18(16)27)25(29,30)31/h1-3,8-9,12-13,15,20-22,35H,4-7,10H2,(H,33,36)/t12-,13-,15+,20-,21-,22-/m1/s1. The third-order valence-corrected chi connectivity index (χ3v) is 7.49. The van der Waals surface area contributed by atoms with Gasteiger partial charge in [0.1, 0.15) is 24.4 Å². The molecule has 37 heavy (non-hydrogen) atoms. The van der Waals surface area contributed by atoms with E-state index < -0.39 is 71.5 Å². The number of aromatic nitrogens is 1. The lowest BCUT2D eigenvalue weighted by Crippen LogP contribution is -2.51. The van der Waals surface area contributed by atoms with Gasteiger partial charge in [0.25, 0.3) is 5.91 Å². The van der Waals surface area contributed by atoms with Gasteiger partial charge < -0.3 is 15.3 Å². The molecule has 1 aromatic carbocycles. The van der Waals surface area contributed by atoms with Crippen LogP contribution in [0, 0.1) is 23.5 Å². The van der Waals surface area contributed by atoms with Crippen LogP contribution in [0.1, 0.15) is 58.9 Å². The Hall–Kier alpha value is -3.15.